The molecule has 0 saturated heterocycles. The summed E-state index contributed by atoms with van der Waals surface area (Å²) in [5.41, 5.74) is -0.185. The van der Waals surface area contributed by atoms with Gasteiger partial charge in [0.2, 0.25) is 0 Å². The molecule has 136 valence electrons. The number of fused-ring (bicyclic) bond motifs is 1. The first-order chi connectivity index (χ1) is 12.2. The molecule has 0 aromatic heterocycles. The fourth-order valence-corrected chi connectivity index (χ4v) is 2.52. The van der Waals surface area contributed by atoms with Crippen molar-refractivity contribution in [2.75, 3.05) is 11.5 Å². The van der Waals surface area contributed by atoms with Crippen LogP contribution in [-0.4, -0.2) is 30.3 Å². The van der Waals surface area contributed by atoms with Gasteiger partial charge in [0.05, 0.1) is 5.69 Å². The van der Waals surface area contributed by atoms with Crippen molar-refractivity contribution in [2.24, 2.45) is 0 Å². The van der Waals surface area contributed by atoms with Gasteiger partial charge in [-0.3, -0.25) is 4.90 Å². The van der Waals surface area contributed by atoms with E-state index in [9.17, 15) is 9.59 Å². The number of hydrogen-bond acceptors (Lipinski definition) is 5. The minimum absolute atomic E-state index is 0.374. The van der Waals surface area contributed by atoms with Crippen molar-refractivity contribution in [3.05, 3.63) is 42.5 Å². The van der Waals surface area contributed by atoms with Crippen LogP contribution in [0.25, 0.3) is 10.8 Å². The highest BCUT2D eigenvalue weighted by Crippen LogP contribution is 2.30. The lowest BCUT2D eigenvalue weighted by atomic mass is 10.1. The lowest BCUT2D eigenvalue weighted by Gasteiger charge is -2.31. The monoisotopic (exact) mass is 354 g/mol. The van der Waals surface area contributed by atoms with E-state index in [-0.39, 0.29) is 6.61 Å². The summed E-state index contributed by atoms with van der Waals surface area (Å²) in [6.45, 7) is 6.44. The molecule has 2 rings (SSSR count). The van der Waals surface area contributed by atoms with Gasteiger partial charge in [0.15, 0.2) is 6.61 Å². The van der Waals surface area contributed by atoms with E-state index in [1.165, 1.54) is 4.90 Å². The Morgan fingerprint density at radius 1 is 1.15 bits per heavy atom. The Balaban J connectivity index is 2.51. The van der Waals surface area contributed by atoms with Crippen molar-refractivity contribution in [1.82, 2.24) is 0 Å². The second-order valence-corrected chi connectivity index (χ2v) is 6.79. The number of carbonyl (C=O) groups excluding carboxylic acids is 2. The van der Waals surface area contributed by atoms with Crippen molar-refractivity contribution in [1.29, 1.82) is 5.26 Å². The molecule has 26 heavy (non-hydrogen) atoms. The Hall–Kier alpha value is -3.07. The molecular formula is C20H22N2O4. The number of anilines is 1. The fraction of sp³-hybridized carbons (Fsp3) is 0.350. The third kappa shape index (κ3) is 4.51. The molecule has 1 amide bonds. The average Bonchev–Trinajstić information content (AvgIpc) is 2.58. The first kappa shape index (κ1) is 19.3. The number of benzene rings is 2. The number of nitriles is 1. The van der Waals surface area contributed by atoms with Gasteiger partial charge in [-0.2, -0.15) is 5.26 Å². The van der Waals surface area contributed by atoms with Crippen LogP contribution in [0.15, 0.2) is 42.5 Å². The molecule has 2 aromatic rings. The van der Waals surface area contributed by atoms with Crippen LogP contribution >= 0.6 is 0 Å². The zero-order valence-corrected chi connectivity index (χ0v) is 15.4. The molecule has 0 heterocycles. The number of carbonyl (C=O) groups is 2. The molecule has 1 atom stereocenters. The van der Waals surface area contributed by atoms with Crippen LogP contribution in [0.4, 0.5) is 10.5 Å². The van der Waals surface area contributed by atoms with E-state index in [1.807, 2.05) is 36.4 Å². The first-order valence-electron chi connectivity index (χ1n) is 8.28. The largest absolute Gasteiger partial charge is 0.449 e. The summed E-state index contributed by atoms with van der Waals surface area (Å²) in [5.74, 6) is -0.676. The van der Waals surface area contributed by atoms with Crippen molar-refractivity contribution < 1.29 is 19.1 Å². The lowest BCUT2D eigenvalue weighted by molar-refractivity contribution is -0.143. The van der Waals surface area contributed by atoms with Gasteiger partial charge >= 0.3 is 12.1 Å². The number of ether oxygens (including phenoxy) is 2. The first-order valence-corrected chi connectivity index (χ1v) is 8.28. The van der Waals surface area contributed by atoms with Crippen LogP contribution in [0.1, 0.15) is 27.7 Å². The van der Waals surface area contributed by atoms with Gasteiger partial charge in [-0.15, -0.1) is 0 Å². The average molecular weight is 354 g/mol. The van der Waals surface area contributed by atoms with Crippen LogP contribution < -0.4 is 4.90 Å². The topological polar surface area (TPSA) is 79.6 Å². The summed E-state index contributed by atoms with van der Waals surface area (Å²) in [6.07, 6.45) is -0.657. The summed E-state index contributed by atoms with van der Waals surface area (Å²) in [6, 6.07) is 13.8. The van der Waals surface area contributed by atoms with Gasteiger partial charge in [0.1, 0.15) is 17.7 Å². The van der Waals surface area contributed by atoms with Gasteiger partial charge in [0, 0.05) is 5.39 Å². The lowest BCUT2D eigenvalue weighted by Crippen LogP contribution is -2.46. The van der Waals surface area contributed by atoms with E-state index >= 15 is 0 Å². The Morgan fingerprint density at radius 3 is 2.46 bits per heavy atom. The third-order valence-electron chi connectivity index (χ3n) is 3.62. The molecule has 0 N–H and O–H groups in total. The molecule has 0 aliphatic rings. The molecule has 6 heteroatoms. The maximum absolute atomic E-state index is 12.9. The predicted molar refractivity (Wildman–Crippen MR) is 98.7 cm³/mol. The van der Waals surface area contributed by atoms with Gasteiger partial charge < -0.3 is 9.47 Å². The fourth-order valence-electron chi connectivity index (χ4n) is 2.52. The summed E-state index contributed by atoms with van der Waals surface area (Å²) >= 11 is 0. The van der Waals surface area contributed by atoms with E-state index < -0.39 is 23.7 Å². The quantitative estimate of drug-likeness (QED) is 0.774. The normalized spacial score (nSPS) is 12.1. The smallest absolute Gasteiger partial charge is 0.415 e. The number of nitrogens with zero attached hydrogens (tertiary/aromatic N) is 2. The Kier molecular flexibility index (Phi) is 5.83. The van der Waals surface area contributed by atoms with E-state index in [2.05, 4.69) is 0 Å². The molecule has 0 saturated carbocycles. The zero-order valence-electron chi connectivity index (χ0n) is 15.4. The molecule has 0 unspecified atom stereocenters. The zero-order chi connectivity index (χ0) is 19.3. The molecule has 0 aliphatic heterocycles. The second-order valence-electron chi connectivity index (χ2n) is 6.79. The standard InChI is InChI=1S/C20H22N2O4/c1-14(18(23)25-13-12-21)22(19(24)26-20(2,3)4)17-11-7-9-15-8-5-6-10-16(15)17/h5-11,14H,13H2,1-4H3/t14-/m0/s1. The van der Waals surface area contributed by atoms with Gasteiger partial charge in [-0.25, -0.2) is 9.59 Å². The van der Waals surface area contributed by atoms with Crippen LogP contribution in [0, 0.1) is 11.3 Å². The Labute approximate surface area is 152 Å². The highest BCUT2D eigenvalue weighted by molar-refractivity contribution is 6.04. The van der Waals surface area contributed by atoms with Crippen molar-refractivity contribution in [3.8, 4) is 6.07 Å². The SMILES string of the molecule is C[C@@H](C(=O)OCC#N)N(C(=O)OC(C)(C)C)c1cccc2ccccc12. The van der Waals surface area contributed by atoms with E-state index in [1.54, 1.807) is 39.8 Å². The molecule has 2 aromatic carbocycles. The van der Waals surface area contributed by atoms with E-state index in [0.717, 1.165) is 10.8 Å². The van der Waals surface area contributed by atoms with Crippen LogP contribution in [0.5, 0.6) is 0 Å². The maximum atomic E-state index is 12.9. The van der Waals surface area contributed by atoms with Crippen molar-refractivity contribution in [2.45, 2.75) is 39.3 Å². The van der Waals surface area contributed by atoms with Gasteiger partial charge in [-0.1, -0.05) is 36.4 Å². The number of esters is 1. The summed E-state index contributed by atoms with van der Waals surface area (Å²) in [5, 5.41) is 10.4. The summed E-state index contributed by atoms with van der Waals surface area (Å²) < 4.78 is 10.4. The van der Waals surface area contributed by atoms with Gasteiger partial charge in [-0.05, 0) is 39.1 Å². The Bertz CT molecular complexity index is 843. The van der Waals surface area contributed by atoms with Crippen LogP contribution in [-0.2, 0) is 14.3 Å². The molecular weight excluding hydrogens is 332 g/mol. The van der Waals surface area contributed by atoms with Gasteiger partial charge in [0.25, 0.3) is 0 Å². The summed E-state index contributed by atoms with van der Waals surface area (Å²) in [4.78, 5) is 26.4. The van der Waals surface area contributed by atoms with Crippen LogP contribution in [0.3, 0.4) is 0 Å². The summed E-state index contributed by atoms with van der Waals surface area (Å²) in [7, 11) is 0. The van der Waals surface area contributed by atoms with E-state index in [4.69, 9.17) is 14.7 Å². The maximum Gasteiger partial charge on any atom is 0.415 e. The highest BCUT2D eigenvalue weighted by atomic mass is 16.6. The molecule has 0 spiro atoms. The Morgan fingerprint density at radius 2 is 1.81 bits per heavy atom. The second kappa shape index (κ2) is 7.87. The number of hydrogen-bond donors (Lipinski definition) is 0. The van der Waals surface area contributed by atoms with E-state index in [0.29, 0.717) is 5.69 Å². The minimum Gasteiger partial charge on any atom is -0.449 e. The highest BCUT2D eigenvalue weighted by Gasteiger charge is 2.33. The number of rotatable bonds is 4. The number of amides is 1. The van der Waals surface area contributed by atoms with Crippen LogP contribution in [0.2, 0.25) is 0 Å². The molecule has 0 bridgehead atoms. The molecule has 0 aliphatic carbocycles. The third-order valence-corrected chi connectivity index (χ3v) is 3.62. The van der Waals surface area contributed by atoms with Crippen molar-refractivity contribution in [3.63, 3.8) is 0 Å². The molecule has 0 fully saturated rings. The minimum atomic E-state index is -0.955. The predicted octanol–water partition coefficient (Wildman–Crippen LogP) is 4.04. The van der Waals surface area contributed by atoms with Crippen molar-refractivity contribution >= 4 is 28.5 Å². The molecule has 0 radical (unpaired) electrons. The molecule has 6 nitrogen and oxygen atoms in total.